The minimum Gasteiger partial charge on any atom is -0.459 e. The summed E-state index contributed by atoms with van der Waals surface area (Å²) in [4.78, 5) is 11.5. The van der Waals surface area contributed by atoms with Crippen LogP contribution < -0.4 is 0 Å². The molecular weight excluding hydrogens is 200 g/mol. The lowest BCUT2D eigenvalue weighted by Crippen LogP contribution is -2.34. The summed E-state index contributed by atoms with van der Waals surface area (Å²) in [5.41, 5.74) is 0.499. The Balaban J connectivity index is 2.56. The van der Waals surface area contributed by atoms with Gasteiger partial charge >= 0.3 is 5.97 Å². The lowest BCUT2D eigenvalue weighted by Gasteiger charge is -2.35. The predicted octanol–water partition coefficient (Wildman–Crippen LogP) is 3.57. The molecule has 1 rings (SSSR count). The second-order valence-corrected chi connectivity index (χ2v) is 5.52. The first-order valence-corrected chi connectivity index (χ1v) is 6.28. The van der Waals surface area contributed by atoms with Crippen LogP contribution in [0.3, 0.4) is 0 Å². The van der Waals surface area contributed by atoms with Crippen molar-refractivity contribution in [2.75, 3.05) is 0 Å². The number of hydrogen-bond donors (Lipinski definition) is 0. The zero-order valence-corrected chi connectivity index (χ0v) is 11.0. The molecule has 92 valence electrons. The van der Waals surface area contributed by atoms with Crippen LogP contribution in [0.15, 0.2) is 12.2 Å². The third-order valence-electron chi connectivity index (χ3n) is 3.71. The summed E-state index contributed by atoms with van der Waals surface area (Å²) < 4.78 is 5.51. The smallest absolute Gasteiger partial charge is 0.333 e. The maximum absolute atomic E-state index is 11.5. The predicted molar refractivity (Wildman–Crippen MR) is 66.0 cm³/mol. The van der Waals surface area contributed by atoms with Crippen LogP contribution in [0.5, 0.6) is 0 Å². The van der Waals surface area contributed by atoms with Crippen LogP contribution in [0.25, 0.3) is 0 Å². The van der Waals surface area contributed by atoms with E-state index in [2.05, 4.69) is 27.4 Å². The topological polar surface area (TPSA) is 26.3 Å². The molecule has 0 aromatic heterocycles. The molecule has 1 fully saturated rings. The van der Waals surface area contributed by atoms with E-state index in [1.165, 1.54) is 6.42 Å². The number of carbonyl (C=O) groups is 1. The van der Waals surface area contributed by atoms with E-state index in [4.69, 9.17) is 4.74 Å². The average Bonchev–Trinajstić information content (AvgIpc) is 2.20. The van der Waals surface area contributed by atoms with Gasteiger partial charge in [-0.25, -0.2) is 4.79 Å². The van der Waals surface area contributed by atoms with Crippen molar-refractivity contribution in [2.45, 2.75) is 53.1 Å². The molecule has 0 amide bonds. The second kappa shape index (κ2) is 5.51. The summed E-state index contributed by atoms with van der Waals surface area (Å²) in [7, 11) is 0. The van der Waals surface area contributed by atoms with Crippen molar-refractivity contribution in [3.8, 4) is 0 Å². The molecule has 1 aliphatic rings. The molecule has 0 aromatic carbocycles. The molecule has 0 bridgehead atoms. The van der Waals surface area contributed by atoms with Crippen molar-refractivity contribution in [3.05, 3.63) is 12.2 Å². The van der Waals surface area contributed by atoms with E-state index in [0.29, 0.717) is 23.3 Å². The molecule has 2 heteroatoms. The van der Waals surface area contributed by atoms with Crippen LogP contribution >= 0.6 is 0 Å². The SMILES string of the molecule is C=C(C)C(=O)OC1CC(C(C)C)CCC1C. The highest BCUT2D eigenvalue weighted by molar-refractivity contribution is 5.87. The Bertz CT molecular complexity index is 268. The molecule has 1 aliphatic carbocycles. The quantitative estimate of drug-likeness (QED) is 0.541. The fourth-order valence-corrected chi connectivity index (χ4v) is 2.32. The third kappa shape index (κ3) is 3.36. The lowest BCUT2D eigenvalue weighted by atomic mass is 9.76. The van der Waals surface area contributed by atoms with Gasteiger partial charge in [0, 0.05) is 5.57 Å². The van der Waals surface area contributed by atoms with Crippen LogP contribution in [0, 0.1) is 17.8 Å². The number of hydrogen-bond acceptors (Lipinski definition) is 2. The van der Waals surface area contributed by atoms with Gasteiger partial charge in [-0.15, -0.1) is 0 Å². The number of rotatable bonds is 3. The first-order chi connectivity index (χ1) is 7.41. The molecule has 0 aromatic rings. The monoisotopic (exact) mass is 224 g/mol. The number of esters is 1. The Hall–Kier alpha value is -0.790. The highest BCUT2D eigenvalue weighted by Gasteiger charge is 2.31. The average molecular weight is 224 g/mol. The first kappa shape index (κ1) is 13.3. The fourth-order valence-electron chi connectivity index (χ4n) is 2.32. The minimum absolute atomic E-state index is 0.0883. The molecule has 3 unspecified atom stereocenters. The van der Waals surface area contributed by atoms with Gasteiger partial charge < -0.3 is 4.74 Å². The van der Waals surface area contributed by atoms with E-state index in [0.717, 1.165) is 12.8 Å². The fraction of sp³-hybridized carbons (Fsp3) is 0.786. The summed E-state index contributed by atoms with van der Waals surface area (Å²) in [6.07, 6.45) is 3.53. The van der Waals surface area contributed by atoms with Crippen molar-refractivity contribution in [2.24, 2.45) is 17.8 Å². The zero-order chi connectivity index (χ0) is 12.3. The number of ether oxygens (including phenoxy) is 1. The molecule has 2 nitrogen and oxygen atoms in total. The van der Waals surface area contributed by atoms with Crippen LogP contribution in [0.4, 0.5) is 0 Å². The molecule has 0 spiro atoms. The van der Waals surface area contributed by atoms with Gasteiger partial charge in [0.05, 0.1) is 0 Å². The van der Waals surface area contributed by atoms with Crippen molar-refractivity contribution < 1.29 is 9.53 Å². The molecule has 0 heterocycles. The van der Waals surface area contributed by atoms with Crippen LogP contribution in [0.1, 0.15) is 47.0 Å². The van der Waals surface area contributed by atoms with E-state index >= 15 is 0 Å². The molecular formula is C14H24O2. The molecule has 0 aliphatic heterocycles. The third-order valence-corrected chi connectivity index (χ3v) is 3.71. The maximum Gasteiger partial charge on any atom is 0.333 e. The van der Waals surface area contributed by atoms with Gasteiger partial charge in [0.15, 0.2) is 0 Å². The van der Waals surface area contributed by atoms with Crippen LogP contribution in [0.2, 0.25) is 0 Å². The zero-order valence-electron chi connectivity index (χ0n) is 11.0. The van der Waals surface area contributed by atoms with Gasteiger partial charge in [-0.3, -0.25) is 0 Å². The van der Waals surface area contributed by atoms with Gasteiger partial charge in [-0.05, 0) is 43.9 Å². The Labute approximate surface area is 99.1 Å². The Morgan fingerprint density at radius 3 is 2.50 bits per heavy atom. The second-order valence-electron chi connectivity index (χ2n) is 5.52. The summed E-state index contributed by atoms with van der Waals surface area (Å²) in [5.74, 6) is 1.62. The highest BCUT2D eigenvalue weighted by atomic mass is 16.5. The van der Waals surface area contributed by atoms with Crippen molar-refractivity contribution in [1.29, 1.82) is 0 Å². The molecule has 3 atom stereocenters. The maximum atomic E-state index is 11.5. The van der Waals surface area contributed by atoms with E-state index in [9.17, 15) is 4.79 Å². The molecule has 1 saturated carbocycles. The van der Waals surface area contributed by atoms with Gasteiger partial charge in [0.1, 0.15) is 6.10 Å². The molecule has 0 radical (unpaired) electrons. The number of carbonyl (C=O) groups excluding carboxylic acids is 1. The van der Waals surface area contributed by atoms with Crippen LogP contribution in [-0.4, -0.2) is 12.1 Å². The first-order valence-electron chi connectivity index (χ1n) is 6.28. The highest BCUT2D eigenvalue weighted by Crippen LogP contribution is 2.35. The van der Waals surface area contributed by atoms with Gasteiger partial charge in [0.25, 0.3) is 0 Å². The van der Waals surface area contributed by atoms with Gasteiger partial charge in [-0.2, -0.15) is 0 Å². The Morgan fingerprint density at radius 2 is 2.00 bits per heavy atom. The largest absolute Gasteiger partial charge is 0.459 e. The van der Waals surface area contributed by atoms with E-state index < -0.39 is 0 Å². The summed E-state index contributed by atoms with van der Waals surface area (Å²) in [5, 5.41) is 0. The van der Waals surface area contributed by atoms with Crippen molar-refractivity contribution in [1.82, 2.24) is 0 Å². The summed E-state index contributed by atoms with van der Waals surface area (Å²) in [6, 6.07) is 0. The standard InChI is InChI=1S/C14H24O2/c1-9(2)12-7-6-11(5)13(8-12)16-14(15)10(3)4/h9,11-13H,3,6-8H2,1-2,4-5H3. The molecule has 0 saturated heterocycles. The minimum atomic E-state index is -0.235. The lowest BCUT2D eigenvalue weighted by molar-refractivity contribution is -0.149. The van der Waals surface area contributed by atoms with E-state index in [1.54, 1.807) is 6.92 Å². The normalized spacial score (nSPS) is 30.2. The Morgan fingerprint density at radius 1 is 1.38 bits per heavy atom. The van der Waals surface area contributed by atoms with E-state index in [1.807, 2.05) is 0 Å². The Kier molecular flexibility index (Phi) is 4.57. The molecule has 16 heavy (non-hydrogen) atoms. The van der Waals surface area contributed by atoms with Crippen molar-refractivity contribution >= 4 is 5.97 Å². The summed E-state index contributed by atoms with van der Waals surface area (Å²) in [6.45, 7) is 12.0. The molecule has 0 N–H and O–H groups in total. The van der Waals surface area contributed by atoms with Crippen molar-refractivity contribution in [3.63, 3.8) is 0 Å². The summed E-state index contributed by atoms with van der Waals surface area (Å²) >= 11 is 0. The van der Waals surface area contributed by atoms with Gasteiger partial charge in [-0.1, -0.05) is 27.4 Å². The van der Waals surface area contributed by atoms with E-state index in [-0.39, 0.29) is 12.1 Å². The van der Waals surface area contributed by atoms with Crippen LogP contribution in [-0.2, 0) is 9.53 Å². The van der Waals surface area contributed by atoms with Gasteiger partial charge in [0.2, 0.25) is 0 Å².